The Kier molecular flexibility index (Phi) is 4.52. The van der Waals surface area contributed by atoms with Crippen molar-refractivity contribution in [1.29, 1.82) is 0 Å². The fourth-order valence-electron chi connectivity index (χ4n) is 2.05. The van der Waals surface area contributed by atoms with Crippen LogP contribution >= 0.6 is 11.6 Å². The van der Waals surface area contributed by atoms with Crippen LogP contribution in [0.3, 0.4) is 0 Å². The molecule has 6 nitrogen and oxygen atoms in total. The number of rotatable bonds is 4. The molecule has 0 radical (unpaired) electrons. The van der Waals surface area contributed by atoms with Crippen molar-refractivity contribution in [3.63, 3.8) is 0 Å². The Morgan fingerprint density at radius 3 is 2.67 bits per heavy atom. The third kappa shape index (κ3) is 3.34. The average molecular weight is 338 g/mol. The summed E-state index contributed by atoms with van der Waals surface area (Å²) in [6, 6.07) is 1.30. The number of hydrogen-bond acceptors (Lipinski definition) is 4. The van der Waals surface area contributed by atoms with Gasteiger partial charge in [-0.05, 0) is 24.6 Å². The van der Waals surface area contributed by atoms with E-state index < -0.39 is 28.2 Å². The van der Waals surface area contributed by atoms with Crippen LogP contribution in [-0.4, -0.2) is 44.9 Å². The highest BCUT2D eigenvalue weighted by Gasteiger charge is 2.33. The number of carboxylic acid groups (broad SMARTS) is 1. The summed E-state index contributed by atoms with van der Waals surface area (Å²) in [6.07, 6.45) is -1.45. The number of nitrogens with one attached hydrogen (secondary N) is 1. The van der Waals surface area contributed by atoms with E-state index in [1.807, 2.05) is 0 Å². The molecule has 0 amide bonds. The number of ether oxygens (including phenoxy) is 1. The number of carbonyl (C=O) groups is 1. The smallest absolute Gasteiger partial charge is 0.336 e. The summed E-state index contributed by atoms with van der Waals surface area (Å²) >= 11 is 5.76. The first-order chi connectivity index (χ1) is 9.72. The molecular formula is C12H13ClFNO5S. The molecule has 2 atom stereocenters. The monoisotopic (exact) mass is 337 g/mol. The molecule has 116 valence electrons. The Hall–Kier alpha value is -1.22. The van der Waals surface area contributed by atoms with Crippen LogP contribution in [0.25, 0.3) is 0 Å². The lowest BCUT2D eigenvalue weighted by atomic mass is 10.1. The zero-order chi connectivity index (χ0) is 15.8. The van der Waals surface area contributed by atoms with Crippen molar-refractivity contribution in [3.8, 4) is 0 Å². The summed E-state index contributed by atoms with van der Waals surface area (Å²) < 4.78 is 45.1. The Balaban J connectivity index is 2.42. The van der Waals surface area contributed by atoms with Gasteiger partial charge in [0.1, 0.15) is 6.17 Å². The molecule has 0 saturated carbocycles. The summed E-state index contributed by atoms with van der Waals surface area (Å²) in [5.41, 5.74) is -0.184. The van der Waals surface area contributed by atoms with Crippen LogP contribution in [0.1, 0.15) is 15.9 Å². The van der Waals surface area contributed by atoms with Crippen LogP contribution in [0.4, 0.5) is 4.39 Å². The zero-order valence-electron chi connectivity index (χ0n) is 11.0. The van der Waals surface area contributed by atoms with Crippen molar-refractivity contribution >= 4 is 27.6 Å². The van der Waals surface area contributed by atoms with Gasteiger partial charge in [-0.3, -0.25) is 0 Å². The highest BCUT2D eigenvalue weighted by atomic mass is 35.5. The first-order valence-electron chi connectivity index (χ1n) is 6.00. The van der Waals surface area contributed by atoms with Gasteiger partial charge in [0.2, 0.25) is 10.0 Å². The Morgan fingerprint density at radius 1 is 1.48 bits per heavy atom. The van der Waals surface area contributed by atoms with E-state index in [1.54, 1.807) is 0 Å². The van der Waals surface area contributed by atoms with Gasteiger partial charge in [-0.15, -0.1) is 0 Å². The maximum Gasteiger partial charge on any atom is 0.336 e. The molecule has 21 heavy (non-hydrogen) atoms. The van der Waals surface area contributed by atoms with E-state index in [9.17, 15) is 17.6 Å². The van der Waals surface area contributed by atoms with Crippen molar-refractivity contribution in [3.05, 3.63) is 28.3 Å². The number of benzene rings is 1. The summed E-state index contributed by atoms with van der Waals surface area (Å²) in [6.45, 7) is 1.10. The van der Waals surface area contributed by atoms with Crippen LogP contribution in [0.15, 0.2) is 17.0 Å². The summed E-state index contributed by atoms with van der Waals surface area (Å²) in [5, 5.41) is 9.02. The van der Waals surface area contributed by atoms with Crippen molar-refractivity contribution in [1.82, 2.24) is 4.72 Å². The molecule has 1 aliphatic heterocycles. The van der Waals surface area contributed by atoms with E-state index in [-0.39, 0.29) is 34.3 Å². The van der Waals surface area contributed by atoms with E-state index in [2.05, 4.69) is 4.72 Å². The van der Waals surface area contributed by atoms with Gasteiger partial charge < -0.3 is 9.84 Å². The largest absolute Gasteiger partial charge is 0.478 e. The van der Waals surface area contributed by atoms with E-state index in [0.717, 1.165) is 12.1 Å². The maximum absolute atomic E-state index is 13.4. The molecule has 1 aromatic carbocycles. The Bertz CT molecular complexity index is 678. The summed E-state index contributed by atoms with van der Waals surface area (Å²) in [4.78, 5) is 10.8. The third-order valence-corrected chi connectivity index (χ3v) is 5.00. The van der Waals surface area contributed by atoms with E-state index in [1.165, 1.54) is 6.92 Å². The topological polar surface area (TPSA) is 92.7 Å². The zero-order valence-corrected chi connectivity index (χ0v) is 12.5. The molecule has 2 N–H and O–H groups in total. The molecular weight excluding hydrogens is 325 g/mol. The van der Waals surface area contributed by atoms with Crippen LogP contribution < -0.4 is 4.72 Å². The molecule has 0 unspecified atom stereocenters. The minimum Gasteiger partial charge on any atom is -0.478 e. The predicted octanol–water partition coefficient (Wildman–Crippen LogP) is 1.36. The van der Waals surface area contributed by atoms with E-state index in [4.69, 9.17) is 21.4 Å². The molecule has 0 aliphatic carbocycles. The molecule has 0 aromatic heterocycles. The number of aromatic carboxylic acids is 1. The minimum atomic E-state index is -4.10. The molecule has 9 heteroatoms. The second-order valence-electron chi connectivity index (χ2n) is 4.66. The summed E-state index contributed by atoms with van der Waals surface area (Å²) in [7, 11) is -4.10. The van der Waals surface area contributed by atoms with Crippen molar-refractivity contribution in [2.75, 3.05) is 13.2 Å². The highest BCUT2D eigenvalue weighted by Crippen LogP contribution is 2.25. The standard InChI is InChI=1S/C12H13ClFNO5S/c1-6-8(12(16)17)2-7(13)3-11(6)21(18,19)15-10-5-20-4-9(10)14/h2-3,9-10,15H,4-5H2,1H3,(H,16,17)/t9-,10+/m0/s1. The normalized spacial score (nSPS) is 22.4. The van der Waals surface area contributed by atoms with Gasteiger partial charge in [0, 0.05) is 5.02 Å². The molecule has 1 aromatic rings. The first kappa shape index (κ1) is 16.2. The maximum atomic E-state index is 13.4. The molecule has 0 bridgehead atoms. The lowest BCUT2D eigenvalue weighted by Crippen LogP contribution is -2.41. The fraction of sp³-hybridized carbons (Fsp3) is 0.417. The average Bonchev–Trinajstić information content (AvgIpc) is 2.76. The molecule has 2 rings (SSSR count). The number of alkyl halides is 1. The summed E-state index contributed by atoms with van der Waals surface area (Å²) in [5.74, 6) is -1.29. The van der Waals surface area contributed by atoms with Crippen molar-refractivity contribution in [2.45, 2.75) is 24.0 Å². The van der Waals surface area contributed by atoms with Crippen molar-refractivity contribution in [2.24, 2.45) is 0 Å². The second kappa shape index (κ2) is 5.88. The molecule has 1 saturated heterocycles. The fourth-order valence-corrected chi connectivity index (χ4v) is 3.87. The highest BCUT2D eigenvalue weighted by molar-refractivity contribution is 7.89. The van der Waals surface area contributed by atoms with Gasteiger partial charge in [0.15, 0.2) is 0 Å². The Labute approximate surface area is 125 Å². The van der Waals surface area contributed by atoms with Crippen LogP contribution in [0.2, 0.25) is 5.02 Å². The minimum absolute atomic E-state index is 0.0298. The van der Waals surface area contributed by atoms with Gasteiger partial charge in [-0.25, -0.2) is 22.3 Å². The van der Waals surface area contributed by atoms with E-state index in [0.29, 0.717) is 0 Å². The van der Waals surface area contributed by atoms with Crippen LogP contribution in [0.5, 0.6) is 0 Å². The molecule has 0 spiro atoms. The predicted molar refractivity (Wildman–Crippen MR) is 73.0 cm³/mol. The van der Waals surface area contributed by atoms with Gasteiger partial charge in [-0.1, -0.05) is 11.6 Å². The number of halogens is 2. The SMILES string of the molecule is Cc1c(C(=O)O)cc(Cl)cc1S(=O)(=O)N[C@@H]1COC[C@@H]1F. The van der Waals surface area contributed by atoms with Gasteiger partial charge in [-0.2, -0.15) is 0 Å². The molecule has 1 fully saturated rings. The first-order valence-corrected chi connectivity index (χ1v) is 7.86. The molecule has 1 heterocycles. The van der Waals surface area contributed by atoms with Gasteiger partial charge in [0.05, 0.1) is 29.7 Å². The van der Waals surface area contributed by atoms with Crippen molar-refractivity contribution < 1.29 is 27.4 Å². The van der Waals surface area contributed by atoms with Gasteiger partial charge >= 0.3 is 5.97 Å². The molecule has 1 aliphatic rings. The van der Waals surface area contributed by atoms with Gasteiger partial charge in [0.25, 0.3) is 0 Å². The Morgan fingerprint density at radius 2 is 2.14 bits per heavy atom. The van der Waals surface area contributed by atoms with E-state index >= 15 is 0 Å². The number of hydrogen-bond donors (Lipinski definition) is 2. The number of sulfonamides is 1. The lowest BCUT2D eigenvalue weighted by Gasteiger charge is -2.16. The quantitative estimate of drug-likeness (QED) is 0.865. The van der Waals surface area contributed by atoms with Crippen LogP contribution in [-0.2, 0) is 14.8 Å². The van der Waals surface area contributed by atoms with Crippen LogP contribution in [0, 0.1) is 6.92 Å². The second-order valence-corrected chi connectivity index (χ2v) is 6.78. The lowest BCUT2D eigenvalue weighted by molar-refractivity contribution is 0.0696. The third-order valence-electron chi connectivity index (χ3n) is 3.16. The number of carboxylic acids is 1.